The van der Waals surface area contributed by atoms with Crippen molar-refractivity contribution < 1.29 is 18.8 Å². The van der Waals surface area contributed by atoms with E-state index in [2.05, 4.69) is 15.4 Å². The minimum absolute atomic E-state index is 0.0899. The number of ether oxygens (including phenoxy) is 1. The molecule has 1 aromatic heterocycles. The maximum Gasteiger partial charge on any atom is 0.295 e. The largest absolute Gasteiger partial charge is 0.494 e. The van der Waals surface area contributed by atoms with E-state index >= 15 is 0 Å². The molecule has 0 saturated heterocycles. The number of carbonyl (C=O) groups is 1. The zero-order chi connectivity index (χ0) is 19.9. The molecule has 0 aliphatic rings. The van der Waals surface area contributed by atoms with Gasteiger partial charge in [-0.25, -0.2) is 14.9 Å². The van der Waals surface area contributed by atoms with E-state index in [9.17, 15) is 9.18 Å². The van der Waals surface area contributed by atoms with Crippen LogP contribution in [0.5, 0.6) is 5.75 Å². The fourth-order valence-electron chi connectivity index (χ4n) is 2.57. The molecule has 0 bridgehead atoms. The molecule has 2 aromatic carbocycles. The quantitative estimate of drug-likeness (QED) is 0.624. The predicted octanol–water partition coefficient (Wildman–Crippen LogP) is 4.10. The monoisotopic (exact) mass is 381 g/mol. The molecule has 1 heterocycles. The average Bonchev–Trinajstić information content (AvgIpc) is 2.73. The zero-order valence-electron chi connectivity index (χ0n) is 15.6. The van der Waals surface area contributed by atoms with Crippen LogP contribution in [0.2, 0.25) is 0 Å². The van der Waals surface area contributed by atoms with Crippen molar-refractivity contribution in [3.63, 3.8) is 0 Å². The van der Waals surface area contributed by atoms with Crippen molar-refractivity contribution in [1.82, 2.24) is 15.4 Å². The van der Waals surface area contributed by atoms with Gasteiger partial charge in [0.25, 0.3) is 5.91 Å². The van der Waals surface area contributed by atoms with E-state index in [0.29, 0.717) is 17.9 Å². The number of amides is 1. The summed E-state index contributed by atoms with van der Waals surface area (Å²) in [6.07, 6.45) is 2.24. The van der Waals surface area contributed by atoms with Crippen LogP contribution in [0.1, 0.15) is 36.0 Å². The van der Waals surface area contributed by atoms with E-state index in [4.69, 9.17) is 9.57 Å². The molecule has 1 amide bonds. The molecule has 1 atom stereocenters. The Bertz CT molecular complexity index is 948. The second kappa shape index (κ2) is 9.05. The van der Waals surface area contributed by atoms with Crippen molar-refractivity contribution in [3.05, 3.63) is 78.0 Å². The van der Waals surface area contributed by atoms with Crippen molar-refractivity contribution >= 4 is 5.91 Å². The number of nitrogens with zero attached hydrogens (tertiary/aromatic N) is 2. The highest BCUT2D eigenvalue weighted by molar-refractivity contribution is 5.91. The summed E-state index contributed by atoms with van der Waals surface area (Å²) < 4.78 is 19.2. The highest BCUT2D eigenvalue weighted by Gasteiger charge is 2.15. The summed E-state index contributed by atoms with van der Waals surface area (Å²) in [6, 6.07) is 13.6. The van der Waals surface area contributed by atoms with Crippen LogP contribution in [0.3, 0.4) is 0 Å². The second-order valence-electron chi connectivity index (χ2n) is 5.96. The first-order chi connectivity index (χ1) is 13.6. The van der Waals surface area contributed by atoms with Crippen LogP contribution in [0, 0.1) is 5.82 Å². The number of halogens is 1. The molecule has 0 saturated carbocycles. The van der Waals surface area contributed by atoms with Gasteiger partial charge in [-0.2, -0.15) is 0 Å². The van der Waals surface area contributed by atoms with Gasteiger partial charge in [-0.05, 0) is 44.2 Å². The maximum atomic E-state index is 13.8. The van der Waals surface area contributed by atoms with E-state index in [1.54, 1.807) is 31.3 Å². The molecule has 3 rings (SSSR count). The van der Waals surface area contributed by atoms with E-state index in [1.165, 1.54) is 12.3 Å². The van der Waals surface area contributed by atoms with Crippen molar-refractivity contribution in [2.24, 2.45) is 0 Å². The van der Waals surface area contributed by atoms with Crippen LogP contribution >= 0.6 is 0 Å². The second-order valence-corrected chi connectivity index (χ2v) is 5.96. The minimum Gasteiger partial charge on any atom is -0.494 e. The Kier molecular flexibility index (Phi) is 6.29. The molecule has 0 aliphatic carbocycles. The first-order valence-corrected chi connectivity index (χ1v) is 8.84. The van der Waals surface area contributed by atoms with Crippen LogP contribution < -0.4 is 10.2 Å². The molecule has 0 unspecified atom stereocenters. The van der Waals surface area contributed by atoms with Crippen molar-refractivity contribution in [2.75, 3.05) is 6.61 Å². The lowest BCUT2D eigenvalue weighted by Crippen LogP contribution is -2.26. The Morgan fingerprint density at radius 1 is 1.14 bits per heavy atom. The average molecular weight is 381 g/mol. The Morgan fingerprint density at radius 2 is 1.89 bits per heavy atom. The van der Waals surface area contributed by atoms with Crippen molar-refractivity contribution in [2.45, 2.75) is 20.0 Å². The highest BCUT2D eigenvalue weighted by Crippen LogP contribution is 2.21. The number of hydroxylamine groups is 1. The third kappa shape index (κ3) is 4.69. The van der Waals surface area contributed by atoms with Crippen molar-refractivity contribution in [3.8, 4) is 17.0 Å². The number of hydrogen-bond acceptors (Lipinski definition) is 5. The molecule has 1 N–H and O–H groups in total. The number of nitrogens with one attached hydrogen (secondary N) is 1. The third-order valence-electron chi connectivity index (χ3n) is 4.00. The van der Waals surface area contributed by atoms with E-state index in [1.807, 2.05) is 31.2 Å². The van der Waals surface area contributed by atoms with E-state index in [0.717, 1.165) is 11.3 Å². The van der Waals surface area contributed by atoms with Crippen LogP contribution in [0.25, 0.3) is 11.3 Å². The van der Waals surface area contributed by atoms with Gasteiger partial charge in [0.2, 0.25) is 0 Å². The number of aromatic nitrogens is 2. The van der Waals surface area contributed by atoms with Gasteiger partial charge in [0, 0.05) is 11.1 Å². The molecule has 0 aliphatic heterocycles. The fourth-order valence-corrected chi connectivity index (χ4v) is 2.57. The lowest BCUT2D eigenvalue weighted by molar-refractivity contribution is -0.0106. The van der Waals surface area contributed by atoms with Gasteiger partial charge >= 0.3 is 0 Å². The summed E-state index contributed by atoms with van der Waals surface area (Å²) in [5.74, 6) is -0.214. The van der Waals surface area contributed by atoms with Gasteiger partial charge in [-0.3, -0.25) is 14.6 Å². The summed E-state index contributed by atoms with van der Waals surface area (Å²) >= 11 is 0. The smallest absolute Gasteiger partial charge is 0.295 e. The molecule has 144 valence electrons. The van der Waals surface area contributed by atoms with Gasteiger partial charge in [-0.15, -0.1) is 0 Å². The maximum absolute atomic E-state index is 13.8. The normalized spacial score (nSPS) is 11.7. The number of rotatable bonds is 7. The first kappa shape index (κ1) is 19.4. The summed E-state index contributed by atoms with van der Waals surface area (Å²) in [7, 11) is 0. The summed E-state index contributed by atoms with van der Waals surface area (Å²) in [5.41, 5.74) is 4.07. The number of carbonyl (C=O) groups excluding carboxylic acids is 1. The molecule has 7 heteroatoms. The molecule has 6 nitrogen and oxygen atoms in total. The Balaban J connectivity index is 1.67. The van der Waals surface area contributed by atoms with Crippen LogP contribution in [-0.2, 0) is 4.84 Å². The van der Waals surface area contributed by atoms with Gasteiger partial charge < -0.3 is 4.74 Å². The van der Waals surface area contributed by atoms with Crippen LogP contribution in [-0.4, -0.2) is 22.5 Å². The highest BCUT2D eigenvalue weighted by atomic mass is 19.1. The molecule has 0 spiro atoms. The molecule has 0 fully saturated rings. The standard InChI is InChI=1S/C21H20FN3O3/c1-3-27-16-10-8-15(9-11-16)19-12-23-13-20(24-19)21(26)25-28-14(2)17-6-4-5-7-18(17)22/h4-14H,3H2,1-2H3,(H,25,26)/t14-/m1/s1. The van der Waals surface area contributed by atoms with Gasteiger partial charge in [0.15, 0.2) is 0 Å². The summed E-state index contributed by atoms with van der Waals surface area (Å²) in [6.45, 7) is 4.14. The minimum atomic E-state index is -0.660. The summed E-state index contributed by atoms with van der Waals surface area (Å²) in [4.78, 5) is 26.0. The number of benzene rings is 2. The van der Waals surface area contributed by atoms with Gasteiger partial charge in [-0.1, -0.05) is 18.2 Å². The topological polar surface area (TPSA) is 73.3 Å². The third-order valence-corrected chi connectivity index (χ3v) is 4.00. The first-order valence-electron chi connectivity index (χ1n) is 8.84. The lowest BCUT2D eigenvalue weighted by Gasteiger charge is -2.14. The summed E-state index contributed by atoms with van der Waals surface area (Å²) in [5, 5.41) is 0. The molecular weight excluding hydrogens is 361 g/mol. The SMILES string of the molecule is CCOc1ccc(-c2cncc(C(=O)NO[C@H](C)c3ccccc3F)n2)cc1. The van der Waals surface area contributed by atoms with E-state index in [-0.39, 0.29) is 5.69 Å². The lowest BCUT2D eigenvalue weighted by atomic mass is 10.1. The fraction of sp³-hybridized carbons (Fsp3) is 0.190. The zero-order valence-corrected chi connectivity index (χ0v) is 15.6. The molecule has 3 aromatic rings. The molecular formula is C21H20FN3O3. The predicted molar refractivity (Wildman–Crippen MR) is 102 cm³/mol. The van der Waals surface area contributed by atoms with Crippen LogP contribution in [0.4, 0.5) is 4.39 Å². The van der Waals surface area contributed by atoms with Crippen molar-refractivity contribution in [1.29, 1.82) is 0 Å². The molecule has 0 radical (unpaired) electrons. The van der Waals surface area contributed by atoms with E-state index < -0.39 is 17.8 Å². The van der Waals surface area contributed by atoms with Crippen LogP contribution in [0.15, 0.2) is 60.9 Å². The van der Waals surface area contributed by atoms with Gasteiger partial charge in [0.05, 0.1) is 24.7 Å². The molecule has 28 heavy (non-hydrogen) atoms. The Hall–Kier alpha value is -3.32. The Morgan fingerprint density at radius 3 is 2.61 bits per heavy atom. The Labute approximate surface area is 162 Å². The van der Waals surface area contributed by atoms with Gasteiger partial charge in [0.1, 0.15) is 23.4 Å². The number of hydrogen-bond donors (Lipinski definition) is 1.